The summed E-state index contributed by atoms with van der Waals surface area (Å²) in [6, 6.07) is 15.2. The van der Waals surface area contributed by atoms with Gasteiger partial charge in [-0.15, -0.1) is 0 Å². The molecule has 0 aliphatic rings. The molecule has 1 atom stereocenters. The van der Waals surface area contributed by atoms with E-state index in [1.165, 1.54) is 36.6 Å². The monoisotopic (exact) mass is 463 g/mol. The molecule has 8 nitrogen and oxygen atoms in total. The smallest absolute Gasteiger partial charge is 0.412 e. The highest BCUT2D eigenvalue weighted by atomic mass is 16.6. The van der Waals surface area contributed by atoms with Gasteiger partial charge in [-0.05, 0) is 74.9 Å². The molecule has 0 aliphatic heterocycles. The molecule has 0 spiro atoms. The minimum absolute atomic E-state index is 0.0763. The lowest BCUT2D eigenvalue weighted by atomic mass is 9.87. The standard InChI is InChI=1S/C26H25NO7/c1-26(2,3)34-25(32)27-19-12-10-17(11-13-19)21(28)15-20(23(29)22-5-4-14-33-22)16-6-8-18(9-7-16)24(30)31/h4-14,20H,15H2,1-3H3,(H,27,32)(H,30,31). The van der Waals surface area contributed by atoms with Gasteiger partial charge in [0.25, 0.3) is 0 Å². The van der Waals surface area contributed by atoms with Crippen LogP contribution < -0.4 is 5.32 Å². The number of hydrogen-bond donors (Lipinski definition) is 2. The number of carboxylic acids is 1. The second-order valence-corrected chi connectivity index (χ2v) is 8.65. The van der Waals surface area contributed by atoms with E-state index in [1.807, 2.05) is 0 Å². The Morgan fingerprint density at radius 1 is 0.941 bits per heavy atom. The maximum Gasteiger partial charge on any atom is 0.412 e. The number of rotatable bonds is 8. The highest BCUT2D eigenvalue weighted by Crippen LogP contribution is 2.27. The van der Waals surface area contributed by atoms with Crippen molar-refractivity contribution in [2.75, 3.05) is 5.32 Å². The molecule has 3 aromatic rings. The Morgan fingerprint density at radius 3 is 2.09 bits per heavy atom. The molecule has 0 radical (unpaired) electrons. The average molecular weight is 463 g/mol. The Morgan fingerprint density at radius 2 is 1.56 bits per heavy atom. The highest BCUT2D eigenvalue weighted by molar-refractivity contribution is 6.05. The van der Waals surface area contributed by atoms with Gasteiger partial charge in [0.15, 0.2) is 11.5 Å². The lowest BCUT2D eigenvalue weighted by Gasteiger charge is -2.19. The van der Waals surface area contributed by atoms with Crippen molar-refractivity contribution in [3.8, 4) is 0 Å². The number of aromatic carboxylic acids is 1. The van der Waals surface area contributed by atoms with Crippen LogP contribution in [-0.2, 0) is 4.74 Å². The number of anilines is 1. The summed E-state index contributed by atoms with van der Waals surface area (Å²) in [4.78, 5) is 49.1. The predicted molar refractivity (Wildman–Crippen MR) is 124 cm³/mol. The minimum Gasteiger partial charge on any atom is -0.478 e. The van der Waals surface area contributed by atoms with Crippen molar-refractivity contribution >= 4 is 29.3 Å². The molecule has 176 valence electrons. The molecule has 2 aromatic carbocycles. The van der Waals surface area contributed by atoms with Crippen LogP contribution in [0.25, 0.3) is 0 Å². The van der Waals surface area contributed by atoms with E-state index in [0.717, 1.165) is 0 Å². The fraction of sp³-hybridized carbons (Fsp3) is 0.231. The van der Waals surface area contributed by atoms with Gasteiger partial charge in [-0.2, -0.15) is 0 Å². The second-order valence-electron chi connectivity index (χ2n) is 8.65. The molecule has 3 rings (SSSR count). The molecular weight excluding hydrogens is 438 g/mol. The largest absolute Gasteiger partial charge is 0.478 e. The number of carbonyl (C=O) groups excluding carboxylic acids is 3. The molecule has 0 fully saturated rings. The number of amides is 1. The third kappa shape index (κ3) is 6.41. The molecule has 1 unspecified atom stereocenters. The van der Waals surface area contributed by atoms with Crippen molar-refractivity contribution in [1.29, 1.82) is 0 Å². The number of carboxylic acid groups (broad SMARTS) is 1. The number of ketones is 2. The summed E-state index contributed by atoms with van der Waals surface area (Å²) in [6.07, 6.45) is 0.612. The number of ether oxygens (including phenoxy) is 1. The van der Waals surface area contributed by atoms with Gasteiger partial charge in [0.2, 0.25) is 5.78 Å². The first-order chi connectivity index (χ1) is 16.0. The van der Waals surface area contributed by atoms with Crippen LogP contribution in [0.3, 0.4) is 0 Å². The molecule has 8 heteroatoms. The maximum absolute atomic E-state index is 13.1. The van der Waals surface area contributed by atoms with Crippen LogP contribution in [0.2, 0.25) is 0 Å². The van der Waals surface area contributed by atoms with E-state index in [-0.39, 0.29) is 29.3 Å². The third-order valence-electron chi connectivity index (χ3n) is 4.88. The molecule has 1 amide bonds. The van der Waals surface area contributed by atoms with E-state index in [1.54, 1.807) is 51.1 Å². The first kappa shape index (κ1) is 24.4. The summed E-state index contributed by atoms with van der Waals surface area (Å²) in [5, 5.41) is 11.7. The van der Waals surface area contributed by atoms with Crippen molar-refractivity contribution in [2.45, 2.75) is 38.7 Å². The van der Waals surface area contributed by atoms with Crippen LogP contribution in [-0.4, -0.2) is 34.3 Å². The Balaban J connectivity index is 1.78. The molecule has 0 saturated carbocycles. The van der Waals surface area contributed by atoms with E-state index in [0.29, 0.717) is 16.8 Å². The number of hydrogen-bond acceptors (Lipinski definition) is 6. The molecule has 2 N–H and O–H groups in total. The van der Waals surface area contributed by atoms with Gasteiger partial charge in [-0.3, -0.25) is 14.9 Å². The minimum atomic E-state index is -1.09. The van der Waals surface area contributed by atoms with Gasteiger partial charge in [0.1, 0.15) is 5.60 Å². The van der Waals surface area contributed by atoms with E-state index in [2.05, 4.69) is 5.32 Å². The van der Waals surface area contributed by atoms with Crippen LogP contribution in [0.1, 0.15) is 69.9 Å². The number of furan rings is 1. The lowest BCUT2D eigenvalue weighted by molar-refractivity contribution is 0.0633. The Kier molecular flexibility index (Phi) is 7.31. The van der Waals surface area contributed by atoms with Gasteiger partial charge < -0.3 is 14.3 Å². The fourth-order valence-corrected chi connectivity index (χ4v) is 3.27. The first-order valence-corrected chi connectivity index (χ1v) is 10.6. The topological polar surface area (TPSA) is 123 Å². The van der Waals surface area contributed by atoms with Crippen molar-refractivity contribution < 1.29 is 33.4 Å². The SMILES string of the molecule is CC(C)(C)OC(=O)Nc1ccc(C(=O)CC(C(=O)c2ccco2)c2ccc(C(=O)O)cc2)cc1. The molecule has 0 saturated heterocycles. The number of benzene rings is 2. The summed E-state index contributed by atoms with van der Waals surface area (Å²) in [6.45, 7) is 5.26. The first-order valence-electron chi connectivity index (χ1n) is 10.6. The zero-order valence-corrected chi connectivity index (χ0v) is 19.0. The predicted octanol–water partition coefficient (Wildman–Crippen LogP) is 5.56. The van der Waals surface area contributed by atoms with Crippen LogP contribution in [0.15, 0.2) is 71.3 Å². The molecule has 34 heavy (non-hydrogen) atoms. The number of nitrogens with one attached hydrogen (secondary N) is 1. The van der Waals surface area contributed by atoms with Gasteiger partial charge in [-0.1, -0.05) is 12.1 Å². The van der Waals surface area contributed by atoms with E-state index in [4.69, 9.17) is 14.3 Å². The number of carbonyl (C=O) groups is 4. The van der Waals surface area contributed by atoms with E-state index >= 15 is 0 Å². The molecule has 1 aromatic heterocycles. The van der Waals surface area contributed by atoms with Crippen molar-refractivity contribution in [2.24, 2.45) is 0 Å². The van der Waals surface area contributed by atoms with Crippen molar-refractivity contribution in [3.63, 3.8) is 0 Å². The van der Waals surface area contributed by atoms with Crippen LogP contribution >= 0.6 is 0 Å². The second kappa shape index (κ2) is 10.2. The quantitative estimate of drug-likeness (QED) is 0.419. The maximum atomic E-state index is 13.1. The Bertz CT molecular complexity index is 1170. The summed E-state index contributed by atoms with van der Waals surface area (Å²) >= 11 is 0. The summed E-state index contributed by atoms with van der Waals surface area (Å²) in [5.74, 6) is -2.52. The van der Waals surface area contributed by atoms with Gasteiger partial charge in [0.05, 0.1) is 17.7 Å². The summed E-state index contributed by atoms with van der Waals surface area (Å²) in [5.41, 5.74) is 0.751. The zero-order chi connectivity index (χ0) is 24.9. The van der Waals surface area contributed by atoms with E-state index < -0.39 is 23.6 Å². The molecule has 0 bridgehead atoms. The van der Waals surface area contributed by atoms with Crippen LogP contribution in [0.4, 0.5) is 10.5 Å². The molecule has 0 aliphatic carbocycles. The Labute approximate surface area is 196 Å². The zero-order valence-electron chi connectivity index (χ0n) is 19.0. The Hall–Kier alpha value is -4.20. The molecule has 1 heterocycles. The van der Waals surface area contributed by atoms with Gasteiger partial charge >= 0.3 is 12.1 Å². The fourth-order valence-electron chi connectivity index (χ4n) is 3.27. The van der Waals surface area contributed by atoms with Crippen molar-refractivity contribution in [3.05, 3.63) is 89.4 Å². The lowest BCUT2D eigenvalue weighted by Crippen LogP contribution is -2.27. The van der Waals surface area contributed by atoms with Crippen LogP contribution in [0.5, 0.6) is 0 Å². The van der Waals surface area contributed by atoms with Gasteiger partial charge in [0, 0.05) is 17.7 Å². The third-order valence-corrected chi connectivity index (χ3v) is 4.88. The van der Waals surface area contributed by atoms with Gasteiger partial charge in [-0.25, -0.2) is 9.59 Å². The normalized spacial score (nSPS) is 12.0. The molecular formula is C26H25NO7. The highest BCUT2D eigenvalue weighted by Gasteiger charge is 2.27. The van der Waals surface area contributed by atoms with Crippen LogP contribution in [0, 0.1) is 0 Å². The van der Waals surface area contributed by atoms with Crippen molar-refractivity contribution in [1.82, 2.24) is 0 Å². The number of Topliss-reactive ketones (excluding diaryl/α,β-unsaturated/α-hetero) is 2. The van der Waals surface area contributed by atoms with E-state index in [9.17, 15) is 19.2 Å². The summed E-state index contributed by atoms with van der Waals surface area (Å²) in [7, 11) is 0. The average Bonchev–Trinajstić information content (AvgIpc) is 3.31. The summed E-state index contributed by atoms with van der Waals surface area (Å²) < 4.78 is 10.4.